The minimum absolute atomic E-state index is 0.103. The molecule has 1 aromatic rings. The predicted octanol–water partition coefficient (Wildman–Crippen LogP) is 2.87. The molecular formula is C17H30N4OS. The number of nitrogens with one attached hydrogen (secondary N) is 1. The summed E-state index contributed by atoms with van der Waals surface area (Å²) < 4.78 is 5.69. The SMILES string of the molecule is CN=C(NCc1nc(C(C)(C)C)cs1)N(C)CCOCC1CC1. The molecule has 1 fully saturated rings. The minimum Gasteiger partial charge on any atom is -0.379 e. The van der Waals surface area contributed by atoms with Crippen molar-refractivity contribution in [3.63, 3.8) is 0 Å². The van der Waals surface area contributed by atoms with Crippen molar-refractivity contribution in [1.29, 1.82) is 0 Å². The molecule has 130 valence electrons. The highest BCUT2D eigenvalue weighted by Crippen LogP contribution is 2.28. The third-order valence-electron chi connectivity index (χ3n) is 3.91. The van der Waals surface area contributed by atoms with Gasteiger partial charge >= 0.3 is 0 Å². The Kier molecular flexibility index (Phi) is 6.41. The maximum Gasteiger partial charge on any atom is 0.193 e. The monoisotopic (exact) mass is 338 g/mol. The number of hydrogen-bond donors (Lipinski definition) is 1. The number of ether oxygens (including phenoxy) is 1. The third-order valence-corrected chi connectivity index (χ3v) is 4.76. The average Bonchev–Trinajstić information content (AvgIpc) is 3.18. The van der Waals surface area contributed by atoms with E-state index in [2.05, 4.69) is 41.4 Å². The first kappa shape index (κ1) is 18.2. The Bertz CT molecular complexity index is 517. The highest BCUT2D eigenvalue weighted by Gasteiger charge is 2.21. The van der Waals surface area contributed by atoms with Gasteiger partial charge in [0.2, 0.25) is 0 Å². The van der Waals surface area contributed by atoms with Gasteiger partial charge in [0.15, 0.2) is 5.96 Å². The van der Waals surface area contributed by atoms with Gasteiger partial charge < -0.3 is 15.0 Å². The maximum atomic E-state index is 5.69. The second-order valence-corrected chi connectivity index (χ2v) is 8.16. The van der Waals surface area contributed by atoms with Crippen molar-refractivity contribution in [3.8, 4) is 0 Å². The lowest BCUT2D eigenvalue weighted by molar-refractivity contribution is 0.115. The number of guanidine groups is 1. The normalized spacial score (nSPS) is 15.8. The lowest BCUT2D eigenvalue weighted by Gasteiger charge is -2.21. The Hall–Kier alpha value is -1.14. The summed E-state index contributed by atoms with van der Waals surface area (Å²) >= 11 is 1.70. The van der Waals surface area contributed by atoms with E-state index in [1.54, 1.807) is 11.3 Å². The fraction of sp³-hybridized carbons (Fsp3) is 0.765. The smallest absolute Gasteiger partial charge is 0.193 e. The predicted molar refractivity (Wildman–Crippen MR) is 97.2 cm³/mol. The van der Waals surface area contributed by atoms with Crippen molar-refractivity contribution >= 4 is 17.3 Å². The minimum atomic E-state index is 0.103. The number of nitrogens with zero attached hydrogens (tertiary/aromatic N) is 3. The van der Waals surface area contributed by atoms with Crippen LogP contribution in [0.4, 0.5) is 0 Å². The molecule has 1 saturated carbocycles. The Morgan fingerprint density at radius 3 is 2.78 bits per heavy atom. The number of hydrogen-bond acceptors (Lipinski definition) is 4. The first-order chi connectivity index (χ1) is 10.9. The van der Waals surface area contributed by atoms with Gasteiger partial charge in [0.05, 0.1) is 18.8 Å². The average molecular weight is 339 g/mol. The summed E-state index contributed by atoms with van der Waals surface area (Å²) in [5.74, 6) is 1.70. The van der Waals surface area contributed by atoms with E-state index in [-0.39, 0.29) is 5.41 Å². The van der Waals surface area contributed by atoms with Crippen LogP contribution in [0.5, 0.6) is 0 Å². The van der Waals surface area contributed by atoms with E-state index < -0.39 is 0 Å². The topological polar surface area (TPSA) is 49.8 Å². The fourth-order valence-electron chi connectivity index (χ4n) is 2.12. The van der Waals surface area contributed by atoms with Crippen LogP contribution < -0.4 is 5.32 Å². The van der Waals surface area contributed by atoms with Crippen LogP contribution in [-0.2, 0) is 16.7 Å². The van der Waals surface area contributed by atoms with Gasteiger partial charge in [0, 0.05) is 38.0 Å². The van der Waals surface area contributed by atoms with Gasteiger partial charge in [-0.15, -0.1) is 11.3 Å². The molecule has 2 rings (SSSR count). The number of thiazole rings is 1. The molecule has 1 N–H and O–H groups in total. The fourth-order valence-corrected chi connectivity index (χ4v) is 3.08. The lowest BCUT2D eigenvalue weighted by Crippen LogP contribution is -2.40. The second kappa shape index (κ2) is 8.11. The molecular weight excluding hydrogens is 308 g/mol. The van der Waals surface area contributed by atoms with Crippen LogP contribution in [0, 0.1) is 5.92 Å². The molecule has 1 aromatic heterocycles. The van der Waals surface area contributed by atoms with Crippen LogP contribution in [0.25, 0.3) is 0 Å². The van der Waals surface area contributed by atoms with Gasteiger partial charge in [-0.1, -0.05) is 20.8 Å². The second-order valence-electron chi connectivity index (χ2n) is 7.22. The lowest BCUT2D eigenvalue weighted by atomic mass is 9.93. The van der Waals surface area contributed by atoms with Crippen LogP contribution in [0.2, 0.25) is 0 Å². The van der Waals surface area contributed by atoms with Crippen molar-refractivity contribution < 1.29 is 4.74 Å². The van der Waals surface area contributed by atoms with E-state index in [1.807, 2.05) is 14.1 Å². The third kappa shape index (κ3) is 6.11. The number of rotatable bonds is 7. The van der Waals surface area contributed by atoms with Crippen LogP contribution in [0.3, 0.4) is 0 Å². The van der Waals surface area contributed by atoms with E-state index >= 15 is 0 Å². The highest BCUT2D eigenvalue weighted by atomic mass is 32.1. The molecule has 1 heterocycles. The first-order valence-corrected chi connectivity index (χ1v) is 9.22. The van der Waals surface area contributed by atoms with Crippen molar-refractivity contribution in [2.75, 3.05) is 33.9 Å². The summed E-state index contributed by atoms with van der Waals surface area (Å²) in [6.45, 7) is 9.78. The van der Waals surface area contributed by atoms with Crippen molar-refractivity contribution in [1.82, 2.24) is 15.2 Å². The van der Waals surface area contributed by atoms with Crippen molar-refractivity contribution in [2.45, 2.75) is 45.6 Å². The van der Waals surface area contributed by atoms with Crippen LogP contribution in [0.1, 0.15) is 44.3 Å². The summed E-state index contributed by atoms with van der Waals surface area (Å²) in [5, 5.41) is 6.62. The van der Waals surface area contributed by atoms with Gasteiger partial charge in [0.25, 0.3) is 0 Å². The summed E-state index contributed by atoms with van der Waals surface area (Å²) in [6, 6.07) is 0. The van der Waals surface area contributed by atoms with Crippen molar-refractivity contribution in [2.24, 2.45) is 10.9 Å². The van der Waals surface area contributed by atoms with E-state index in [4.69, 9.17) is 9.72 Å². The van der Waals surface area contributed by atoms with E-state index in [0.29, 0.717) is 6.54 Å². The van der Waals surface area contributed by atoms with E-state index in [1.165, 1.54) is 12.8 Å². The van der Waals surface area contributed by atoms with E-state index in [9.17, 15) is 0 Å². The molecule has 0 saturated heterocycles. The van der Waals surface area contributed by atoms with Gasteiger partial charge in [-0.25, -0.2) is 4.98 Å². The Labute approximate surface area is 144 Å². The molecule has 0 aromatic carbocycles. The van der Waals surface area contributed by atoms with Crippen LogP contribution in [-0.4, -0.2) is 49.7 Å². The van der Waals surface area contributed by atoms with Gasteiger partial charge in [-0.2, -0.15) is 0 Å². The molecule has 1 aliphatic rings. The number of aromatic nitrogens is 1. The Balaban J connectivity index is 1.73. The Morgan fingerprint density at radius 2 is 2.22 bits per heavy atom. The number of aliphatic imine (C=N–C) groups is 1. The van der Waals surface area contributed by atoms with Gasteiger partial charge in [-0.3, -0.25) is 4.99 Å². The maximum absolute atomic E-state index is 5.69. The van der Waals surface area contributed by atoms with Crippen LogP contribution in [0.15, 0.2) is 10.4 Å². The Morgan fingerprint density at radius 1 is 1.48 bits per heavy atom. The first-order valence-electron chi connectivity index (χ1n) is 8.34. The standard InChI is InChI=1S/C17H30N4OS/c1-17(2,3)14-12-23-15(20-14)10-19-16(18-4)21(5)8-9-22-11-13-6-7-13/h12-13H,6-11H2,1-5H3,(H,18,19). The summed E-state index contributed by atoms with van der Waals surface area (Å²) in [4.78, 5) is 11.1. The molecule has 23 heavy (non-hydrogen) atoms. The van der Waals surface area contributed by atoms with E-state index in [0.717, 1.165) is 42.3 Å². The van der Waals surface area contributed by atoms with Crippen LogP contribution >= 0.6 is 11.3 Å². The largest absolute Gasteiger partial charge is 0.379 e. The summed E-state index contributed by atoms with van der Waals surface area (Å²) in [7, 11) is 3.85. The zero-order valence-corrected chi connectivity index (χ0v) is 15.9. The molecule has 1 aliphatic carbocycles. The summed E-state index contributed by atoms with van der Waals surface area (Å²) in [5.41, 5.74) is 1.25. The number of likely N-dealkylation sites (N-methyl/N-ethyl adjacent to an activating group) is 1. The quantitative estimate of drug-likeness (QED) is 0.472. The molecule has 0 unspecified atom stereocenters. The molecule has 0 bridgehead atoms. The molecule has 0 spiro atoms. The molecule has 0 amide bonds. The van der Waals surface area contributed by atoms with Gasteiger partial charge in [-0.05, 0) is 18.8 Å². The zero-order valence-electron chi connectivity index (χ0n) is 15.1. The molecule has 0 aliphatic heterocycles. The zero-order chi connectivity index (χ0) is 16.9. The molecule has 0 atom stereocenters. The highest BCUT2D eigenvalue weighted by molar-refractivity contribution is 7.09. The molecule has 5 nitrogen and oxygen atoms in total. The molecule has 0 radical (unpaired) electrons. The summed E-state index contributed by atoms with van der Waals surface area (Å²) in [6.07, 6.45) is 2.67. The van der Waals surface area contributed by atoms with Gasteiger partial charge in [0.1, 0.15) is 5.01 Å². The van der Waals surface area contributed by atoms with Crippen molar-refractivity contribution in [3.05, 3.63) is 16.1 Å². The molecule has 6 heteroatoms.